The molecular formula is C24H24N2O3S. The van der Waals surface area contributed by atoms with Gasteiger partial charge in [0.05, 0.1) is 12.0 Å². The Bertz CT molecular complexity index is 1040. The van der Waals surface area contributed by atoms with E-state index in [-0.39, 0.29) is 28.4 Å². The van der Waals surface area contributed by atoms with Crippen molar-refractivity contribution in [3.8, 4) is 0 Å². The van der Waals surface area contributed by atoms with E-state index in [0.29, 0.717) is 11.4 Å². The van der Waals surface area contributed by atoms with E-state index in [2.05, 4.69) is 38.2 Å². The van der Waals surface area contributed by atoms with Crippen LogP contribution in [0.5, 0.6) is 0 Å². The number of carbonyl (C=O) groups excluding carboxylic acids is 2. The lowest BCUT2D eigenvalue weighted by molar-refractivity contribution is -0.115. The fourth-order valence-electron chi connectivity index (χ4n) is 3.40. The van der Waals surface area contributed by atoms with Crippen molar-refractivity contribution < 1.29 is 14.0 Å². The van der Waals surface area contributed by atoms with Gasteiger partial charge in [0.1, 0.15) is 5.37 Å². The first kappa shape index (κ1) is 20.3. The maximum absolute atomic E-state index is 12.6. The molecule has 3 aromatic rings. The number of hydrogen-bond donors (Lipinski definition) is 1. The molecule has 0 saturated carbocycles. The van der Waals surface area contributed by atoms with Gasteiger partial charge in [-0.2, -0.15) is 0 Å². The number of carbonyl (C=O) groups is 2. The molecule has 1 N–H and O–H groups in total. The van der Waals surface area contributed by atoms with Crippen molar-refractivity contribution in [3.05, 3.63) is 83.8 Å². The molecule has 2 heterocycles. The Labute approximate surface area is 180 Å². The minimum absolute atomic E-state index is 0.0671. The zero-order chi connectivity index (χ0) is 21.3. The number of benzene rings is 2. The second-order valence-corrected chi connectivity index (χ2v) is 9.35. The summed E-state index contributed by atoms with van der Waals surface area (Å²) in [4.78, 5) is 26.6. The van der Waals surface area contributed by atoms with Crippen LogP contribution in [0, 0.1) is 0 Å². The summed E-state index contributed by atoms with van der Waals surface area (Å²) in [6.07, 6.45) is 1.47. The smallest absolute Gasteiger partial charge is 0.291 e. The molecule has 0 radical (unpaired) electrons. The van der Waals surface area contributed by atoms with E-state index in [1.165, 1.54) is 11.8 Å². The van der Waals surface area contributed by atoms with E-state index in [1.54, 1.807) is 23.9 Å². The minimum atomic E-state index is -0.293. The van der Waals surface area contributed by atoms with E-state index in [9.17, 15) is 9.59 Å². The Kier molecular flexibility index (Phi) is 5.43. The molecule has 0 bridgehead atoms. The third-order valence-corrected chi connectivity index (χ3v) is 6.29. The zero-order valence-electron chi connectivity index (χ0n) is 17.2. The molecule has 154 valence electrons. The molecule has 2 aromatic carbocycles. The van der Waals surface area contributed by atoms with Gasteiger partial charge >= 0.3 is 0 Å². The average molecular weight is 421 g/mol. The Morgan fingerprint density at radius 1 is 1.07 bits per heavy atom. The van der Waals surface area contributed by atoms with Crippen LogP contribution in [0.4, 0.5) is 11.4 Å². The molecule has 1 fully saturated rings. The van der Waals surface area contributed by atoms with Crippen LogP contribution in [0.2, 0.25) is 0 Å². The first-order chi connectivity index (χ1) is 14.3. The molecule has 0 unspecified atom stereocenters. The van der Waals surface area contributed by atoms with Crippen molar-refractivity contribution in [1.82, 2.24) is 0 Å². The largest absolute Gasteiger partial charge is 0.459 e. The van der Waals surface area contributed by atoms with Crippen LogP contribution in [0.3, 0.4) is 0 Å². The maximum atomic E-state index is 12.6. The van der Waals surface area contributed by atoms with Crippen LogP contribution in [0.1, 0.15) is 47.8 Å². The third-order valence-electron chi connectivity index (χ3n) is 5.08. The second kappa shape index (κ2) is 8.03. The van der Waals surface area contributed by atoms with Crippen molar-refractivity contribution in [2.24, 2.45) is 0 Å². The summed E-state index contributed by atoms with van der Waals surface area (Å²) in [6.45, 7) is 6.52. The number of nitrogens with zero attached hydrogens (tertiary/aromatic N) is 1. The van der Waals surface area contributed by atoms with Crippen LogP contribution in [0.15, 0.2) is 71.3 Å². The molecule has 1 aliphatic heterocycles. The van der Waals surface area contributed by atoms with Gasteiger partial charge in [-0.25, -0.2) is 0 Å². The van der Waals surface area contributed by atoms with Gasteiger partial charge in [0.15, 0.2) is 5.76 Å². The second-order valence-electron chi connectivity index (χ2n) is 8.28. The van der Waals surface area contributed by atoms with Crippen LogP contribution >= 0.6 is 11.8 Å². The summed E-state index contributed by atoms with van der Waals surface area (Å²) in [7, 11) is 0. The molecule has 1 aliphatic rings. The van der Waals surface area contributed by atoms with E-state index in [0.717, 1.165) is 11.3 Å². The van der Waals surface area contributed by atoms with Gasteiger partial charge in [0.25, 0.3) is 5.91 Å². The number of amides is 2. The van der Waals surface area contributed by atoms with Gasteiger partial charge in [-0.1, -0.05) is 45.0 Å². The third kappa shape index (κ3) is 4.14. The molecule has 1 saturated heterocycles. The Hall–Kier alpha value is -2.99. The van der Waals surface area contributed by atoms with Crippen molar-refractivity contribution in [1.29, 1.82) is 0 Å². The molecular weight excluding hydrogens is 396 g/mol. The minimum Gasteiger partial charge on any atom is -0.459 e. The number of thioether (sulfide) groups is 1. The van der Waals surface area contributed by atoms with Gasteiger partial charge in [-0.05, 0) is 52.9 Å². The first-order valence-electron chi connectivity index (χ1n) is 9.82. The molecule has 4 rings (SSSR count). The lowest BCUT2D eigenvalue weighted by atomic mass is 9.87. The summed E-state index contributed by atoms with van der Waals surface area (Å²) in [5, 5.41) is 2.72. The molecule has 2 amide bonds. The van der Waals surface area contributed by atoms with Crippen molar-refractivity contribution >= 4 is 35.0 Å². The highest BCUT2D eigenvalue weighted by Crippen LogP contribution is 2.42. The number of hydrogen-bond acceptors (Lipinski definition) is 4. The first-order valence-corrected chi connectivity index (χ1v) is 10.9. The van der Waals surface area contributed by atoms with Gasteiger partial charge in [-0.15, -0.1) is 11.8 Å². The molecule has 6 heteroatoms. The van der Waals surface area contributed by atoms with Crippen molar-refractivity contribution in [2.45, 2.75) is 31.6 Å². The topological polar surface area (TPSA) is 62.6 Å². The zero-order valence-corrected chi connectivity index (χ0v) is 18.0. The van der Waals surface area contributed by atoms with Crippen molar-refractivity contribution in [3.63, 3.8) is 0 Å². The Balaban J connectivity index is 1.52. The van der Waals surface area contributed by atoms with Gasteiger partial charge in [0, 0.05) is 11.4 Å². The summed E-state index contributed by atoms with van der Waals surface area (Å²) in [5.41, 5.74) is 3.90. The summed E-state index contributed by atoms with van der Waals surface area (Å²) in [6, 6.07) is 19.1. The van der Waals surface area contributed by atoms with Crippen LogP contribution in [-0.4, -0.2) is 17.6 Å². The van der Waals surface area contributed by atoms with Crippen molar-refractivity contribution in [2.75, 3.05) is 16.0 Å². The Morgan fingerprint density at radius 2 is 1.77 bits per heavy atom. The summed E-state index contributed by atoms with van der Waals surface area (Å²) in [5.74, 6) is 0.520. The fourth-order valence-corrected chi connectivity index (χ4v) is 4.58. The van der Waals surface area contributed by atoms with E-state index in [4.69, 9.17) is 4.42 Å². The predicted octanol–water partition coefficient (Wildman–Crippen LogP) is 5.61. The monoisotopic (exact) mass is 420 g/mol. The van der Waals surface area contributed by atoms with Crippen LogP contribution in [0.25, 0.3) is 0 Å². The average Bonchev–Trinajstić information content (AvgIpc) is 3.38. The molecule has 1 atom stereocenters. The standard InChI is InChI=1S/C24H24N2O3S/c1-24(2,3)17-8-12-19(13-9-17)26-21(27)15-30-23(26)16-6-10-18(11-7-16)25-22(28)20-5-4-14-29-20/h4-14,23H,15H2,1-3H3,(H,25,28)/t23-/m0/s1. The van der Waals surface area contributed by atoms with Crippen LogP contribution < -0.4 is 10.2 Å². The molecule has 30 heavy (non-hydrogen) atoms. The molecule has 5 nitrogen and oxygen atoms in total. The number of rotatable bonds is 4. The van der Waals surface area contributed by atoms with Crippen LogP contribution in [-0.2, 0) is 10.2 Å². The highest BCUT2D eigenvalue weighted by molar-refractivity contribution is 8.00. The van der Waals surface area contributed by atoms with Gasteiger partial charge in [-0.3, -0.25) is 14.5 Å². The number of furan rings is 1. The lowest BCUT2D eigenvalue weighted by Gasteiger charge is -2.26. The van der Waals surface area contributed by atoms with E-state index < -0.39 is 0 Å². The van der Waals surface area contributed by atoms with Gasteiger partial charge < -0.3 is 9.73 Å². The molecule has 1 aromatic heterocycles. The predicted molar refractivity (Wildman–Crippen MR) is 121 cm³/mol. The van der Waals surface area contributed by atoms with Gasteiger partial charge in [0.2, 0.25) is 5.91 Å². The molecule has 0 spiro atoms. The SMILES string of the molecule is CC(C)(C)c1ccc(N2C(=O)CS[C@H]2c2ccc(NC(=O)c3ccco3)cc2)cc1. The molecule has 0 aliphatic carbocycles. The van der Waals surface area contributed by atoms with E-state index in [1.807, 2.05) is 41.3 Å². The lowest BCUT2D eigenvalue weighted by Crippen LogP contribution is -2.28. The van der Waals surface area contributed by atoms with E-state index >= 15 is 0 Å². The quantitative estimate of drug-likeness (QED) is 0.596. The highest BCUT2D eigenvalue weighted by Gasteiger charge is 2.34. The normalized spacial score (nSPS) is 16.7. The number of nitrogens with one attached hydrogen (secondary N) is 1. The number of anilines is 2. The summed E-state index contributed by atoms with van der Waals surface area (Å²) < 4.78 is 5.12. The fraction of sp³-hybridized carbons (Fsp3) is 0.250. The highest BCUT2D eigenvalue weighted by atomic mass is 32.2. The maximum Gasteiger partial charge on any atom is 0.291 e. The summed E-state index contributed by atoms with van der Waals surface area (Å²) >= 11 is 1.61. The Morgan fingerprint density at radius 3 is 2.37 bits per heavy atom.